The standard InChI is InChI=1S/C18H17NO5/c1-14(20)19(12-23-17(21)15-8-4-2-5-9-15)13-24-18(22)16-10-6-3-7-11-16/h2-11H,12-13H2,1H3. The Morgan fingerprint density at radius 2 is 1.12 bits per heavy atom. The average Bonchev–Trinajstić information content (AvgIpc) is 2.62. The molecule has 0 N–H and O–H groups in total. The van der Waals surface area contributed by atoms with Crippen molar-refractivity contribution in [2.45, 2.75) is 6.92 Å². The Kier molecular flexibility index (Phi) is 6.08. The van der Waals surface area contributed by atoms with Gasteiger partial charge < -0.3 is 9.47 Å². The zero-order valence-corrected chi connectivity index (χ0v) is 13.2. The first-order valence-corrected chi connectivity index (χ1v) is 7.28. The third kappa shape index (κ3) is 4.95. The van der Waals surface area contributed by atoms with E-state index >= 15 is 0 Å². The third-order valence-electron chi connectivity index (χ3n) is 3.17. The number of esters is 2. The van der Waals surface area contributed by atoms with Crippen LogP contribution in [0.15, 0.2) is 60.7 Å². The van der Waals surface area contributed by atoms with Crippen LogP contribution in [-0.2, 0) is 14.3 Å². The lowest BCUT2D eigenvalue weighted by Crippen LogP contribution is -2.35. The minimum atomic E-state index is -0.559. The van der Waals surface area contributed by atoms with Gasteiger partial charge in [-0.1, -0.05) is 36.4 Å². The number of carbonyl (C=O) groups is 3. The average molecular weight is 327 g/mol. The Hall–Kier alpha value is -3.15. The zero-order chi connectivity index (χ0) is 17.4. The van der Waals surface area contributed by atoms with E-state index < -0.39 is 11.9 Å². The van der Waals surface area contributed by atoms with Gasteiger partial charge in [-0.3, -0.25) is 9.69 Å². The minimum absolute atomic E-state index is 0.300. The maximum atomic E-state index is 11.9. The molecule has 2 aromatic rings. The number of rotatable bonds is 6. The van der Waals surface area contributed by atoms with E-state index in [1.807, 2.05) is 0 Å². The molecular formula is C18H17NO5. The van der Waals surface area contributed by atoms with E-state index in [1.165, 1.54) is 6.92 Å². The predicted octanol–water partition coefficient (Wildman–Crippen LogP) is 2.46. The van der Waals surface area contributed by atoms with Crippen LogP contribution in [0.25, 0.3) is 0 Å². The van der Waals surface area contributed by atoms with Crippen molar-refractivity contribution in [3.05, 3.63) is 71.8 Å². The summed E-state index contributed by atoms with van der Waals surface area (Å²) in [4.78, 5) is 36.4. The number of hydrogen-bond donors (Lipinski definition) is 0. The summed E-state index contributed by atoms with van der Waals surface area (Å²) in [5, 5.41) is 0. The number of hydrogen-bond acceptors (Lipinski definition) is 5. The molecule has 0 saturated carbocycles. The molecule has 2 rings (SSSR count). The number of amides is 1. The fourth-order valence-electron chi connectivity index (χ4n) is 1.81. The van der Waals surface area contributed by atoms with E-state index in [1.54, 1.807) is 60.7 Å². The van der Waals surface area contributed by atoms with Crippen LogP contribution in [0.1, 0.15) is 27.6 Å². The summed E-state index contributed by atoms with van der Waals surface area (Å²) in [7, 11) is 0. The molecule has 0 bridgehead atoms. The molecule has 6 heteroatoms. The molecule has 2 aromatic carbocycles. The molecule has 124 valence electrons. The van der Waals surface area contributed by atoms with Gasteiger partial charge in [0.25, 0.3) is 0 Å². The van der Waals surface area contributed by atoms with E-state index in [9.17, 15) is 14.4 Å². The Morgan fingerprint density at radius 3 is 1.46 bits per heavy atom. The second-order valence-electron chi connectivity index (χ2n) is 4.91. The van der Waals surface area contributed by atoms with E-state index in [0.29, 0.717) is 11.1 Å². The predicted molar refractivity (Wildman–Crippen MR) is 86.0 cm³/mol. The minimum Gasteiger partial charge on any atom is -0.440 e. The van der Waals surface area contributed by atoms with Crippen LogP contribution in [0, 0.1) is 0 Å². The second kappa shape index (κ2) is 8.47. The smallest absolute Gasteiger partial charge is 0.339 e. The van der Waals surface area contributed by atoms with Crippen molar-refractivity contribution in [3.63, 3.8) is 0 Å². The van der Waals surface area contributed by atoms with E-state index in [2.05, 4.69) is 0 Å². The van der Waals surface area contributed by atoms with E-state index in [4.69, 9.17) is 9.47 Å². The Morgan fingerprint density at radius 1 is 0.750 bits per heavy atom. The molecule has 0 aliphatic heterocycles. The summed E-state index contributed by atoms with van der Waals surface area (Å²) in [6, 6.07) is 16.8. The molecule has 0 fully saturated rings. The monoisotopic (exact) mass is 327 g/mol. The number of nitrogens with zero attached hydrogens (tertiary/aromatic N) is 1. The maximum absolute atomic E-state index is 11.9. The SMILES string of the molecule is CC(=O)N(COC(=O)c1ccccc1)COC(=O)c1ccccc1. The second-order valence-corrected chi connectivity index (χ2v) is 4.91. The van der Waals surface area contributed by atoms with E-state index in [0.717, 1.165) is 4.90 Å². The van der Waals surface area contributed by atoms with Gasteiger partial charge in [-0.05, 0) is 24.3 Å². The summed E-state index contributed by atoms with van der Waals surface area (Å²) in [5.74, 6) is -1.50. The summed E-state index contributed by atoms with van der Waals surface area (Å²) >= 11 is 0. The lowest BCUT2D eigenvalue weighted by Gasteiger charge is -2.20. The van der Waals surface area contributed by atoms with Crippen LogP contribution in [0.2, 0.25) is 0 Å². The van der Waals surface area contributed by atoms with Crippen molar-refractivity contribution in [2.24, 2.45) is 0 Å². The normalized spacial score (nSPS) is 9.88. The fraction of sp³-hybridized carbons (Fsp3) is 0.167. The van der Waals surface area contributed by atoms with Crippen LogP contribution in [0.5, 0.6) is 0 Å². The molecule has 24 heavy (non-hydrogen) atoms. The molecule has 0 aliphatic rings. The highest BCUT2D eigenvalue weighted by Crippen LogP contribution is 2.04. The highest BCUT2D eigenvalue weighted by atomic mass is 16.6. The Bertz CT molecular complexity index is 644. The van der Waals surface area contributed by atoms with Gasteiger partial charge in [0.1, 0.15) is 0 Å². The summed E-state index contributed by atoms with van der Waals surface area (Å²) in [6.45, 7) is 0.697. The molecule has 0 atom stereocenters. The van der Waals surface area contributed by atoms with Gasteiger partial charge in [-0.25, -0.2) is 9.59 Å². The number of ether oxygens (including phenoxy) is 2. The van der Waals surface area contributed by atoms with Gasteiger partial charge in [0.05, 0.1) is 11.1 Å². The first-order valence-electron chi connectivity index (χ1n) is 7.28. The lowest BCUT2D eigenvalue weighted by atomic mass is 10.2. The molecule has 0 heterocycles. The fourth-order valence-corrected chi connectivity index (χ4v) is 1.81. The van der Waals surface area contributed by atoms with Crippen LogP contribution in [-0.4, -0.2) is 36.2 Å². The van der Waals surface area contributed by atoms with E-state index in [-0.39, 0.29) is 19.4 Å². The first-order chi connectivity index (χ1) is 11.6. The zero-order valence-electron chi connectivity index (χ0n) is 13.2. The topological polar surface area (TPSA) is 72.9 Å². The third-order valence-corrected chi connectivity index (χ3v) is 3.17. The van der Waals surface area contributed by atoms with Crippen molar-refractivity contribution in [3.8, 4) is 0 Å². The van der Waals surface area contributed by atoms with Crippen LogP contribution < -0.4 is 0 Å². The first kappa shape index (κ1) is 17.2. The highest BCUT2D eigenvalue weighted by Gasteiger charge is 2.15. The van der Waals surface area contributed by atoms with Crippen molar-refractivity contribution in [2.75, 3.05) is 13.5 Å². The lowest BCUT2D eigenvalue weighted by molar-refractivity contribution is -0.137. The molecule has 6 nitrogen and oxygen atoms in total. The molecule has 0 spiro atoms. The van der Waals surface area contributed by atoms with Crippen LogP contribution >= 0.6 is 0 Å². The Balaban J connectivity index is 1.87. The van der Waals surface area contributed by atoms with Crippen molar-refractivity contribution < 1.29 is 23.9 Å². The van der Waals surface area contributed by atoms with Crippen LogP contribution in [0.4, 0.5) is 0 Å². The van der Waals surface area contributed by atoms with Gasteiger partial charge >= 0.3 is 11.9 Å². The molecule has 0 saturated heterocycles. The molecule has 0 aromatic heterocycles. The molecule has 0 unspecified atom stereocenters. The van der Waals surface area contributed by atoms with Gasteiger partial charge in [0.15, 0.2) is 13.5 Å². The number of benzene rings is 2. The summed E-state index contributed by atoms with van der Waals surface area (Å²) in [6.07, 6.45) is 0. The van der Waals surface area contributed by atoms with Crippen molar-refractivity contribution >= 4 is 17.8 Å². The van der Waals surface area contributed by atoms with Gasteiger partial charge in [0, 0.05) is 6.92 Å². The molecule has 0 radical (unpaired) electrons. The van der Waals surface area contributed by atoms with Gasteiger partial charge in [0.2, 0.25) is 5.91 Å². The summed E-state index contributed by atoms with van der Waals surface area (Å²) in [5.41, 5.74) is 0.754. The maximum Gasteiger partial charge on any atom is 0.339 e. The largest absolute Gasteiger partial charge is 0.440 e. The van der Waals surface area contributed by atoms with Crippen molar-refractivity contribution in [1.82, 2.24) is 4.90 Å². The van der Waals surface area contributed by atoms with Crippen LogP contribution in [0.3, 0.4) is 0 Å². The molecular weight excluding hydrogens is 310 g/mol. The Labute approximate surface area is 139 Å². The summed E-state index contributed by atoms with van der Waals surface area (Å²) < 4.78 is 10.1. The van der Waals surface area contributed by atoms with Gasteiger partial charge in [-0.2, -0.15) is 0 Å². The van der Waals surface area contributed by atoms with Crippen molar-refractivity contribution in [1.29, 1.82) is 0 Å². The quantitative estimate of drug-likeness (QED) is 0.602. The molecule has 1 amide bonds. The number of carbonyl (C=O) groups excluding carboxylic acids is 3. The van der Waals surface area contributed by atoms with Gasteiger partial charge in [-0.15, -0.1) is 0 Å². The highest BCUT2D eigenvalue weighted by molar-refractivity contribution is 5.90. The molecule has 0 aliphatic carbocycles.